The maximum atomic E-state index is 6.12. The molecule has 0 spiro atoms. The van der Waals surface area contributed by atoms with Crippen molar-refractivity contribution in [2.24, 2.45) is 0 Å². The van der Waals surface area contributed by atoms with Crippen LogP contribution in [0.4, 0.5) is 0 Å². The maximum Gasteiger partial charge on any atom is 0.227 e. The highest BCUT2D eigenvalue weighted by Gasteiger charge is 2.16. The molecule has 0 radical (unpaired) electrons. The number of aromatic nitrogens is 2. The molecular formula is C14H14BrClN2O. The molecule has 100 valence electrons. The standard InChI is InChI=1S/C14H14BrClN2O/c1-8(2)12-13(16)17-7-18-14(12)19-11-6-10(15)5-4-9(11)3/h4-8H,1-3H3. The van der Waals surface area contributed by atoms with E-state index < -0.39 is 0 Å². The highest BCUT2D eigenvalue weighted by Crippen LogP contribution is 2.34. The molecule has 2 aromatic rings. The minimum Gasteiger partial charge on any atom is -0.438 e. The Morgan fingerprint density at radius 3 is 2.68 bits per heavy atom. The van der Waals surface area contributed by atoms with Crippen LogP contribution in [-0.4, -0.2) is 9.97 Å². The molecule has 0 amide bonds. The van der Waals surface area contributed by atoms with Gasteiger partial charge in [-0.3, -0.25) is 0 Å². The summed E-state index contributed by atoms with van der Waals surface area (Å²) in [6, 6.07) is 5.87. The second kappa shape index (κ2) is 5.88. The van der Waals surface area contributed by atoms with Gasteiger partial charge in [0.1, 0.15) is 17.2 Å². The molecule has 19 heavy (non-hydrogen) atoms. The first-order valence-electron chi connectivity index (χ1n) is 5.93. The number of ether oxygens (including phenoxy) is 1. The molecule has 3 nitrogen and oxygen atoms in total. The van der Waals surface area contributed by atoms with Crippen LogP contribution in [0.15, 0.2) is 29.0 Å². The molecule has 1 aromatic heterocycles. The second-order valence-electron chi connectivity index (χ2n) is 4.55. The third-order valence-corrected chi connectivity index (χ3v) is 3.53. The Labute approximate surface area is 126 Å². The highest BCUT2D eigenvalue weighted by molar-refractivity contribution is 9.10. The Balaban J connectivity index is 2.44. The first-order chi connectivity index (χ1) is 8.99. The van der Waals surface area contributed by atoms with Crippen molar-refractivity contribution < 1.29 is 4.74 Å². The summed E-state index contributed by atoms with van der Waals surface area (Å²) in [5.74, 6) is 1.46. The van der Waals surface area contributed by atoms with Crippen molar-refractivity contribution in [3.63, 3.8) is 0 Å². The van der Waals surface area contributed by atoms with Gasteiger partial charge in [-0.2, -0.15) is 0 Å². The lowest BCUT2D eigenvalue weighted by Crippen LogP contribution is -2.00. The quantitative estimate of drug-likeness (QED) is 0.727. The van der Waals surface area contributed by atoms with Gasteiger partial charge in [0.15, 0.2) is 0 Å². The van der Waals surface area contributed by atoms with Gasteiger partial charge in [-0.25, -0.2) is 9.97 Å². The van der Waals surface area contributed by atoms with Gasteiger partial charge in [0.05, 0.1) is 5.56 Å². The molecule has 0 saturated heterocycles. The molecule has 0 unspecified atom stereocenters. The SMILES string of the molecule is Cc1ccc(Br)cc1Oc1ncnc(Cl)c1C(C)C. The van der Waals surface area contributed by atoms with Crippen LogP contribution < -0.4 is 4.74 Å². The minimum atomic E-state index is 0.191. The summed E-state index contributed by atoms with van der Waals surface area (Å²) in [4.78, 5) is 8.20. The van der Waals surface area contributed by atoms with Gasteiger partial charge in [0.2, 0.25) is 5.88 Å². The molecule has 0 aliphatic carbocycles. The molecule has 0 atom stereocenters. The average Bonchev–Trinajstić information content (AvgIpc) is 2.33. The normalized spacial score (nSPS) is 10.8. The number of hydrogen-bond acceptors (Lipinski definition) is 3. The number of hydrogen-bond donors (Lipinski definition) is 0. The largest absolute Gasteiger partial charge is 0.438 e. The molecule has 5 heteroatoms. The van der Waals surface area contributed by atoms with E-state index in [0.717, 1.165) is 21.3 Å². The van der Waals surface area contributed by atoms with E-state index in [9.17, 15) is 0 Å². The Hall–Kier alpha value is -1.13. The molecule has 0 aliphatic rings. The summed E-state index contributed by atoms with van der Waals surface area (Å²) in [5, 5.41) is 0.438. The van der Waals surface area contributed by atoms with Crippen LogP contribution in [0.3, 0.4) is 0 Å². The molecule has 2 rings (SSSR count). The Bertz CT molecular complexity index is 602. The molecule has 0 N–H and O–H groups in total. The second-order valence-corrected chi connectivity index (χ2v) is 5.82. The Morgan fingerprint density at radius 1 is 1.26 bits per heavy atom. The van der Waals surface area contributed by atoms with Crippen LogP contribution >= 0.6 is 27.5 Å². The van der Waals surface area contributed by atoms with E-state index in [2.05, 4.69) is 25.9 Å². The van der Waals surface area contributed by atoms with Crippen molar-refractivity contribution in [3.05, 3.63) is 45.3 Å². The van der Waals surface area contributed by atoms with Gasteiger partial charge >= 0.3 is 0 Å². The van der Waals surface area contributed by atoms with E-state index in [4.69, 9.17) is 16.3 Å². The molecule has 0 saturated carbocycles. The monoisotopic (exact) mass is 340 g/mol. The van der Waals surface area contributed by atoms with Crippen LogP contribution in [0.25, 0.3) is 0 Å². The fraction of sp³-hybridized carbons (Fsp3) is 0.286. The summed E-state index contributed by atoms with van der Waals surface area (Å²) in [7, 11) is 0. The molecule has 0 bridgehead atoms. The zero-order valence-corrected chi connectivity index (χ0v) is 13.3. The highest BCUT2D eigenvalue weighted by atomic mass is 79.9. The van der Waals surface area contributed by atoms with Gasteiger partial charge in [0, 0.05) is 4.47 Å². The predicted molar refractivity (Wildman–Crippen MR) is 80.1 cm³/mol. The number of benzene rings is 1. The fourth-order valence-corrected chi connectivity index (χ4v) is 2.40. The number of rotatable bonds is 3. The third kappa shape index (κ3) is 3.25. The molecule has 0 fully saturated rings. The van der Waals surface area contributed by atoms with Gasteiger partial charge in [-0.1, -0.05) is 47.4 Å². The van der Waals surface area contributed by atoms with Crippen LogP contribution in [0.2, 0.25) is 5.15 Å². The summed E-state index contributed by atoms with van der Waals surface area (Å²) in [5.41, 5.74) is 1.86. The van der Waals surface area contributed by atoms with Gasteiger partial charge in [0.25, 0.3) is 0 Å². The lowest BCUT2D eigenvalue weighted by molar-refractivity contribution is 0.447. The average molecular weight is 342 g/mol. The Kier molecular flexibility index (Phi) is 4.42. The van der Waals surface area contributed by atoms with Crippen LogP contribution in [0.5, 0.6) is 11.6 Å². The number of halogens is 2. The summed E-state index contributed by atoms with van der Waals surface area (Å²) >= 11 is 9.55. The maximum absolute atomic E-state index is 6.12. The van der Waals surface area contributed by atoms with Gasteiger partial charge in [-0.05, 0) is 30.5 Å². The first-order valence-corrected chi connectivity index (χ1v) is 7.10. The molecule has 0 aliphatic heterocycles. The van der Waals surface area contributed by atoms with Crippen LogP contribution in [-0.2, 0) is 0 Å². The van der Waals surface area contributed by atoms with Crippen LogP contribution in [0.1, 0.15) is 30.9 Å². The third-order valence-electron chi connectivity index (χ3n) is 2.73. The Morgan fingerprint density at radius 2 is 2.00 bits per heavy atom. The molecule has 1 aromatic carbocycles. The van der Waals surface area contributed by atoms with Crippen molar-refractivity contribution in [3.8, 4) is 11.6 Å². The van der Waals surface area contributed by atoms with Crippen molar-refractivity contribution in [1.82, 2.24) is 9.97 Å². The van der Waals surface area contributed by atoms with E-state index in [0.29, 0.717) is 11.0 Å². The summed E-state index contributed by atoms with van der Waals surface area (Å²) < 4.78 is 6.86. The van der Waals surface area contributed by atoms with E-state index in [-0.39, 0.29) is 5.92 Å². The van der Waals surface area contributed by atoms with Gasteiger partial charge in [-0.15, -0.1) is 0 Å². The minimum absolute atomic E-state index is 0.191. The van der Waals surface area contributed by atoms with Crippen molar-refractivity contribution in [2.45, 2.75) is 26.7 Å². The van der Waals surface area contributed by atoms with E-state index in [1.165, 1.54) is 6.33 Å². The van der Waals surface area contributed by atoms with Crippen molar-refractivity contribution >= 4 is 27.5 Å². The topological polar surface area (TPSA) is 35.0 Å². The number of aryl methyl sites for hydroxylation is 1. The predicted octanol–water partition coefficient (Wildman–Crippen LogP) is 5.12. The summed E-state index contributed by atoms with van der Waals surface area (Å²) in [6.07, 6.45) is 1.41. The first kappa shape index (κ1) is 14.3. The van der Waals surface area contributed by atoms with Gasteiger partial charge < -0.3 is 4.74 Å². The van der Waals surface area contributed by atoms with Crippen molar-refractivity contribution in [1.29, 1.82) is 0 Å². The van der Waals surface area contributed by atoms with E-state index in [1.54, 1.807) is 0 Å². The van der Waals surface area contributed by atoms with E-state index in [1.807, 2.05) is 39.0 Å². The smallest absolute Gasteiger partial charge is 0.227 e. The van der Waals surface area contributed by atoms with Crippen molar-refractivity contribution in [2.75, 3.05) is 0 Å². The zero-order valence-electron chi connectivity index (χ0n) is 10.9. The number of nitrogens with zero attached hydrogens (tertiary/aromatic N) is 2. The fourth-order valence-electron chi connectivity index (χ4n) is 1.71. The van der Waals surface area contributed by atoms with E-state index >= 15 is 0 Å². The lowest BCUT2D eigenvalue weighted by Gasteiger charge is -2.14. The van der Waals surface area contributed by atoms with Crippen LogP contribution in [0, 0.1) is 6.92 Å². The summed E-state index contributed by atoms with van der Waals surface area (Å²) in [6.45, 7) is 6.05. The lowest BCUT2D eigenvalue weighted by atomic mass is 10.1. The molecular weight excluding hydrogens is 328 g/mol. The molecule has 1 heterocycles. The zero-order chi connectivity index (χ0) is 14.0.